The predicted molar refractivity (Wildman–Crippen MR) is 114 cm³/mol. The van der Waals surface area contributed by atoms with E-state index in [0.29, 0.717) is 17.4 Å². The molecule has 2 aromatic carbocycles. The molecule has 30 heavy (non-hydrogen) atoms. The van der Waals surface area contributed by atoms with E-state index in [1.54, 1.807) is 27.8 Å². The van der Waals surface area contributed by atoms with Crippen molar-refractivity contribution in [2.24, 2.45) is 0 Å². The number of nitrogens with zero attached hydrogens (tertiary/aromatic N) is 3. The third-order valence-electron chi connectivity index (χ3n) is 4.79. The Morgan fingerprint density at radius 3 is 2.50 bits per heavy atom. The van der Waals surface area contributed by atoms with Gasteiger partial charge in [0.15, 0.2) is 6.61 Å². The minimum absolute atomic E-state index is 0.0202. The van der Waals surface area contributed by atoms with Gasteiger partial charge in [-0.25, -0.2) is 0 Å². The third-order valence-corrected chi connectivity index (χ3v) is 4.79. The summed E-state index contributed by atoms with van der Waals surface area (Å²) in [5, 5.41) is 4.64. The number of para-hydroxylation sites is 1. The molecule has 0 spiro atoms. The lowest BCUT2D eigenvalue weighted by atomic mass is 10.2. The van der Waals surface area contributed by atoms with Gasteiger partial charge in [0.1, 0.15) is 0 Å². The van der Waals surface area contributed by atoms with Gasteiger partial charge in [0.2, 0.25) is 5.43 Å². The number of fused-ring (bicyclic) bond motifs is 1. The Labute approximate surface area is 174 Å². The van der Waals surface area contributed by atoms with Crippen molar-refractivity contribution < 1.29 is 14.3 Å². The summed E-state index contributed by atoms with van der Waals surface area (Å²) in [5.74, 6) is -0.731. The quantitative estimate of drug-likeness (QED) is 0.537. The van der Waals surface area contributed by atoms with Gasteiger partial charge in [-0.2, -0.15) is 5.10 Å². The Balaban J connectivity index is 1.55. The van der Waals surface area contributed by atoms with Crippen LogP contribution in [0.2, 0.25) is 0 Å². The fourth-order valence-corrected chi connectivity index (χ4v) is 3.17. The first-order chi connectivity index (χ1) is 14.5. The molecule has 0 aliphatic heterocycles. The number of amides is 1. The second-order valence-electron chi connectivity index (χ2n) is 7.26. The molecule has 0 unspecified atom stereocenters. The van der Waals surface area contributed by atoms with Gasteiger partial charge >= 0.3 is 5.97 Å². The molecule has 0 N–H and O–H groups in total. The van der Waals surface area contributed by atoms with Gasteiger partial charge in [0.05, 0.1) is 24.7 Å². The van der Waals surface area contributed by atoms with E-state index in [0.717, 1.165) is 5.56 Å². The van der Waals surface area contributed by atoms with Gasteiger partial charge in [-0.05, 0) is 31.5 Å². The molecular weight excluding hydrogens is 382 g/mol. The van der Waals surface area contributed by atoms with Crippen molar-refractivity contribution in [3.63, 3.8) is 0 Å². The lowest BCUT2D eigenvalue weighted by Crippen LogP contribution is -2.39. The minimum Gasteiger partial charge on any atom is -0.456 e. The van der Waals surface area contributed by atoms with Crippen LogP contribution in [-0.2, 0) is 27.4 Å². The topological polar surface area (TPSA) is 81.5 Å². The Bertz CT molecular complexity index is 1080. The second kappa shape index (κ2) is 9.82. The van der Waals surface area contributed by atoms with E-state index in [-0.39, 0.29) is 37.0 Å². The summed E-state index contributed by atoms with van der Waals surface area (Å²) in [6.45, 7) is 4.27. The Hall–Kier alpha value is -3.48. The van der Waals surface area contributed by atoms with Crippen LogP contribution >= 0.6 is 0 Å². The summed E-state index contributed by atoms with van der Waals surface area (Å²) in [4.78, 5) is 38.3. The monoisotopic (exact) mass is 407 g/mol. The maximum absolute atomic E-state index is 12.6. The van der Waals surface area contributed by atoms with E-state index in [1.165, 1.54) is 6.20 Å². The number of ether oxygens (including phenoxy) is 1. The molecule has 0 aliphatic rings. The molecule has 7 nitrogen and oxygen atoms in total. The van der Waals surface area contributed by atoms with Crippen molar-refractivity contribution in [2.75, 3.05) is 6.61 Å². The summed E-state index contributed by atoms with van der Waals surface area (Å²) in [6, 6.07) is 16.8. The first kappa shape index (κ1) is 21.2. The van der Waals surface area contributed by atoms with Crippen LogP contribution in [-0.4, -0.2) is 39.2 Å². The molecule has 0 aliphatic carbocycles. The average Bonchev–Trinajstić information content (AvgIpc) is 2.76. The van der Waals surface area contributed by atoms with Gasteiger partial charge in [-0.3, -0.25) is 19.1 Å². The number of hydrogen-bond acceptors (Lipinski definition) is 5. The highest BCUT2D eigenvalue weighted by molar-refractivity contribution is 5.81. The fraction of sp³-hybridized carbons (Fsp3) is 0.304. The SMILES string of the molecule is CC(C)N(Cc1ccccc1)C(=O)COC(=O)CCn1ncc(=O)c2ccccc21. The summed E-state index contributed by atoms with van der Waals surface area (Å²) < 4.78 is 6.79. The van der Waals surface area contributed by atoms with Gasteiger partial charge in [0.25, 0.3) is 5.91 Å². The molecular formula is C23H25N3O4. The first-order valence-corrected chi connectivity index (χ1v) is 9.89. The van der Waals surface area contributed by atoms with Crippen LogP contribution in [0.4, 0.5) is 0 Å². The number of aromatic nitrogens is 2. The first-order valence-electron chi connectivity index (χ1n) is 9.89. The molecule has 0 bridgehead atoms. The summed E-state index contributed by atoms with van der Waals surface area (Å²) in [6.07, 6.45) is 1.29. The Kier molecular flexibility index (Phi) is 6.95. The number of aryl methyl sites for hydroxylation is 1. The number of carbonyl (C=O) groups is 2. The number of rotatable bonds is 8. The largest absolute Gasteiger partial charge is 0.456 e. The highest BCUT2D eigenvalue weighted by Crippen LogP contribution is 2.10. The predicted octanol–water partition coefficient (Wildman–Crippen LogP) is 2.77. The number of carbonyl (C=O) groups excluding carboxylic acids is 2. The molecule has 1 aromatic heterocycles. The molecule has 0 fully saturated rings. The summed E-state index contributed by atoms with van der Waals surface area (Å²) in [5.41, 5.74) is 1.51. The zero-order valence-electron chi connectivity index (χ0n) is 17.2. The third kappa shape index (κ3) is 5.31. The second-order valence-corrected chi connectivity index (χ2v) is 7.26. The number of esters is 1. The van der Waals surface area contributed by atoms with Crippen molar-refractivity contribution in [1.29, 1.82) is 0 Å². The molecule has 156 valence electrons. The zero-order chi connectivity index (χ0) is 21.5. The van der Waals surface area contributed by atoms with Crippen molar-refractivity contribution in [2.45, 2.75) is 39.4 Å². The maximum atomic E-state index is 12.6. The molecule has 0 atom stereocenters. The van der Waals surface area contributed by atoms with E-state index in [2.05, 4.69) is 5.10 Å². The maximum Gasteiger partial charge on any atom is 0.308 e. The summed E-state index contributed by atoms with van der Waals surface area (Å²) >= 11 is 0. The molecule has 1 amide bonds. The standard InChI is InChI=1S/C23H25N3O4/c1-17(2)25(15-18-8-4-3-5-9-18)22(28)16-30-23(29)12-13-26-20-11-7-6-10-19(20)21(27)14-24-26/h3-11,14,17H,12-13,15-16H2,1-2H3. The van der Waals surface area contributed by atoms with Crippen molar-refractivity contribution in [3.05, 3.63) is 76.6 Å². The fourth-order valence-electron chi connectivity index (χ4n) is 3.17. The van der Waals surface area contributed by atoms with Crippen LogP contribution in [0.15, 0.2) is 65.6 Å². The Morgan fingerprint density at radius 1 is 1.07 bits per heavy atom. The van der Waals surface area contributed by atoms with Crippen molar-refractivity contribution in [1.82, 2.24) is 14.7 Å². The van der Waals surface area contributed by atoms with Crippen LogP contribution in [0.5, 0.6) is 0 Å². The van der Waals surface area contributed by atoms with Gasteiger partial charge in [-0.15, -0.1) is 0 Å². The van der Waals surface area contributed by atoms with E-state index >= 15 is 0 Å². The number of hydrogen-bond donors (Lipinski definition) is 0. The molecule has 7 heteroatoms. The van der Waals surface area contributed by atoms with Crippen LogP contribution in [0.1, 0.15) is 25.8 Å². The van der Waals surface area contributed by atoms with Gasteiger partial charge in [-0.1, -0.05) is 42.5 Å². The zero-order valence-corrected chi connectivity index (χ0v) is 17.2. The molecule has 0 saturated carbocycles. The highest BCUT2D eigenvalue weighted by Gasteiger charge is 2.19. The van der Waals surface area contributed by atoms with E-state index < -0.39 is 5.97 Å². The average molecular weight is 407 g/mol. The molecule has 0 radical (unpaired) electrons. The van der Waals surface area contributed by atoms with E-state index in [1.807, 2.05) is 50.2 Å². The Morgan fingerprint density at radius 2 is 1.77 bits per heavy atom. The highest BCUT2D eigenvalue weighted by atomic mass is 16.5. The van der Waals surface area contributed by atoms with Crippen LogP contribution in [0, 0.1) is 0 Å². The lowest BCUT2D eigenvalue weighted by Gasteiger charge is -2.26. The molecule has 0 saturated heterocycles. The molecule has 3 rings (SSSR count). The number of benzene rings is 2. The lowest BCUT2D eigenvalue weighted by molar-refractivity contribution is -0.153. The minimum atomic E-state index is -0.489. The van der Waals surface area contributed by atoms with Crippen LogP contribution < -0.4 is 5.43 Å². The van der Waals surface area contributed by atoms with E-state index in [4.69, 9.17) is 4.74 Å². The van der Waals surface area contributed by atoms with Crippen LogP contribution in [0.25, 0.3) is 10.9 Å². The molecule has 3 aromatic rings. The van der Waals surface area contributed by atoms with Crippen molar-refractivity contribution >= 4 is 22.8 Å². The smallest absolute Gasteiger partial charge is 0.308 e. The molecule has 1 heterocycles. The van der Waals surface area contributed by atoms with Gasteiger partial charge in [0, 0.05) is 18.0 Å². The van der Waals surface area contributed by atoms with Crippen molar-refractivity contribution in [3.8, 4) is 0 Å². The van der Waals surface area contributed by atoms with Gasteiger partial charge < -0.3 is 9.64 Å². The summed E-state index contributed by atoms with van der Waals surface area (Å²) in [7, 11) is 0. The van der Waals surface area contributed by atoms with Crippen LogP contribution in [0.3, 0.4) is 0 Å². The van der Waals surface area contributed by atoms with E-state index in [9.17, 15) is 14.4 Å². The normalized spacial score (nSPS) is 10.9.